The molecule has 1 heterocycles. The van der Waals surface area contributed by atoms with Crippen LogP contribution in [-0.4, -0.2) is 30.1 Å². The summed E-state index contributed by atoms with van der Waals surface area (Å²) in [6, 6.07) is 4.30. The lowest BCUT2D eigenvalue weighted by molar-refractivity contribution is -0.126. The molecule has 0 radical (unpaired) electrons. The summed E-state index contributed by atoms with van der Waals surface area (Å²) in [7, 11) is 0. The highest BCUT2D eigenvalue weighted by atomic mass is 35.5. The summed E-state index contributed by atoms with van der Waals surface area (Å²) in [6.45, 7) is 5.52. The molecule has 21 heavy (non-hydrogen) atoms. The minimum atomic E-state index is -1.05. The zero-order chi connectivity index (χ0) is 15.6. The van der Waals surface area contributed by atoms with E-state index in [1.165, 1.54) is 18.2 Å². The Kier molecular flexibility index (Phi) is 4.54. The summed E-state index contributed by atoms with van der Waals surface area (Å²) < 4.78 is 0. The first-order valence-corrected chi connectivity index (χ1v) is 7.29. The number of anilines is 1. The van der Waals surface area contributed by atoms with Crippen molar-refractivity contribution in [3.63, 3.8) is 0 Å². The van der Waals surface area contributed by atoms with Crippen LogP contribution < -0.4 is 10.6 Å². The summed E-state index contributed by atoms with van der Waals surface area (Å²) >= 11 is 6.06. The molecule has 6 heteroatoms. The molecule has 5 nitrogen and oxygen atoms in total. The van der Waals surface area contributed by atoms with Gasteiger partial charge in [-0.05, 0) is 37.1 Å². The normalized spacial score (nSPS) is 21.5. The Balaban J connectivity index is 2.21. The predicted molar refractivity (Wildman–Crippen MR) is 81.8 cm³/mol. The van der Waals surface area contributed by atoms with Crippen molar-refractivity contribution >= 4 is 29.2 Å². The smallest absolute Gasteiger partial charge is 0.335 e. The van der Waals surface area contributed by atoms with Gasteiger partial charge in [-0.15, -0.1) is 0 Å². The molecule has 0 saturated carbocycles. The predicted octanol–water partition coefficient (Wildman–Crippen LogP) is 2.61. The second-order valence-electron chi connectivity index (χ2n) is 5.69. The van der Waals surface area contributed by atoms with Gasteiger partial charge in [0.25, 0.3) is 0 Å². The van der Waals surface area contributed by atoms with E-state index in [-0.39, 0.29) is 22.4 Å². The van der Waals surface area contributed by atoms with E-state index < -0.39 is 11.4 Å². The van der Waals surface area contributed by atoms with E-state index in [2.05, 4.69) is 10.6 Å². The molecule has 1 amide bonds. The van der Waals surface area contributed by atoms with Gasteiger partial charge in [-0.3, -0.25) is 4.79 Å². The Morgan fingerprint density at radius 3 is 2.62 bits per heavy atom. The largest absolute Gasteiger partial charge is 0.478 e. The van der Waals surface area contributed by atoms with E-state index >= 15 is 0 Å². The Morgan fingerprint density at radius 2 is 2.14 bits per heavy atom. The molecule has 0 spiro atoms. The number of hydrogen-bond acceptors (Lipinski definition) is 3. The molecule has 0 aliphatic carbocycles. The number of nitrogens with one attached hydrogen (secondary N) is 2. The van der Waals surface area contributed by atoms with Gasteiger partial charge in [0.1, 0.15) is 0 Å². The number of carboxylic acid groups (broad SMARTS) is 1. The minimum Gasteiger partial charge on any atom is -0.478 e. The molecule has 1 aromatic rings. The maximum Gasteiger partial charge on any atom is 0.335 e. The van der Waals surface area contributed by atoms with Crippen molar-refractivity contribution in [3.05, 3.63) is 28.8 Å². The number of rotatable bonds is 4. The molecule has 1 aliphatic heterocycles. The third kappa shape index (κ3) is 3.04. The molecule has 0 aromatic heterocycles. The number of aromatic carboxylic acids is 1. The number of halogens is 1. The van der Waals surface area contributed by atoms with Gasteiger partial charge < -0.3 is 15.7 Å². The van der Waals surface area contributed by atoms with Crippen molar-refractivity contribution in [2.75, 3.05) is 18.4 Å². The van der Waals surface area contributed by atoms with Gasteiger partial charge >= 0.3 is 5.97 Å². The molecule has 1 aromatic carbocycles. The molecule has 1 saturated heterocycles. The number of benzene rings is 1. The summed E-state index contributed by atoms with van der Waals surface area (Å²) in [5, 5.41) is 15.2. The summed E-state index contributed by atoms with van der Waals surface area (Å²) in [6.07, 6.45) is 0.779. The van der Waals surface area contributed by atoms with Gasteiger partial charge in [0.15, 0.2) is 0 Å². The highest BCUT2D eigenvalue weighted by Gasteiger charge is 2.43. The Hall–Kier alpha value is -1.59. The van der Waals surface area contributed by atoms with Crippen LogP contribution in [0.1, 0.15) is 30.6 Å². The molecule has 2 rings (SSSR count). The van der Waals surface area contributed by atoms with Crippen LogP contribution in [0.4, 0.5) is 5.69 Å². The molecule has 1 fully saturated rings. The van der Waals surface area contributed by atoms with E-state index in [9.17, 15) is 9.59 Å². The van der Waals surface area contributed by atoms with Gasteiger partial charge in [0.05, 0.1) is 21.7 Å². The molecule has 0 bridgehead atoms. The van der Waals surface area contributed by atoms with Gasteiger partial charge in [-0.1, -0.05) is 25.4 Å². The summed E-state index contributed by atoms with van der Waals surface area (Å²) in [5.41, 5.74) is 0.0899. The molecule has 3 N–H and O–H groups in total. The average molecular weight is 311 g/mol. The van der Waals surface area contributed by atoms with Crippen LogP contribution in [0.3, 0.4) is 0 Å². The number of carbonyl (C=O) groups is 2. The Bertz CT molecular complexity index is 566. The highest BCUT2D eigenvalue weighted by Crippen LogP contribution is 2.36. The van der Waals surface area contributed by atoms with Crippen molar-refractivity contribution in [2.24, 2.45) is 11.3 Å². The van der Waals surface area contributed by atoms with Gasteiger partial charge in [0.2, 0.25) is 5.91 Å². The Labute approximate surface area is 128 Å². The van der Waals surface area contributed by atoms with Crippen molar-refractivity contribution in [1.29, 1.82) is 0 Å². The van der Waals surface area contributed by atoms with Crippen LogP contribution in [0.15, 0.2) is 18.2 Å². The molecule has 114 valence electrons. The fourth-order valence-electron chi connectivity index (χ4n) is 2.66. The molecule has 1 unspecified atom stereocenters. The zero-order valence-corrected chi connectivity index (χ0v) is 12.8. The third-order valence-corrected chi connectivity index (χ3v) is 4.52. The first kappa shape index (κ1) is 15.8. The van der Waals surface area contributed by atoms with Gasteiger partial charge in [0, 0.05) is 6.54 Å². The number of carboxylic acids is 1. The SMILES string of the molecule is CC(C)C1(C(=O)Nc2ccc(C(=O)O)cc2Cl)CCNC1. The summed E-state index contributed by atoms with van der Waals surface area (Å²) in [5.74, 6) is -0.925. The lowest BCUT2D eigenvalue weighted by atomic mass is 9.75. The third-order valence-electron chi connectivity index (χ3n) is 4.21. The topological polar surface area (TPSA) is 78.4 Å². The lowest BCUT2D eigenvalue weighted by Crippen LogP contribution is -2.42. The van der Waals surface area contributed by atoms with E-state index in [1.807, 2.05) is 13.8 Å². The highest BCUT2D eigenvalue weighted by molar-refractivity contribution is 6.34. The molecule has 1 atom stereocenters. The lowest BCUT2D eigenvalue weighted by Gasteiger charge is -2.31. The van der Waals surface area contributed by atoms with Crippen molar-refractivity contribution in [2.45, 2.75) is 20.3 Å². The monoisotopic (exact) mass is 310 g/mol. The second-order valence-corrected chi connectivity index (χ2v) is 6.10. The van der Waals surface area contributed by atoms with Gasteiger partial charge in [-0.25, -0.2) is 4.79 Å². The van der Waals surface area contributed by atoms with Crippen LogP contribution in [0.5, 0.6) is 0 Å². The van der Waals surface area contributed by atoms with E-state index in [0.717, 1.165) is 13.0 Å². The maximum atomic E-state index is 12.6. The summed E-state index contributed by atoms with van der Waals surface area (Å²) in [4.78, 5) is 23.5. The zero-order valence-electron chi connectivity index (χ0n) is 12.1. The number of amides is 1. The van der Waals surface area contributed by atoms with E-state index in [4.69, 9.17) is 16.7 Å². The minimum absolute atomic E-state index is 0.0764. The average Bonchev–Trinajstić information content (AvgIpc) is 2.91. The quantitative estimate of drug-likeness (QED) is 0.799. The number of hydrogen-bond donors (Lipinski definition) is 3. The first-order valence-electron chi connectivity index (χ1n) is 6.92. The van der Waals surface area contributed by atoms with Crippen LogP contribution in [-0.2, 0) is 4.79 Å². The van der Waals surface area contributed by atoms with E-state index in [1.54, 1.807) is 0 Å². The second kappa shape index (κ2) is 6.03. The Morgan fingerprint density at radius 1 is 1.43 bits per heavy atom. The maximum absolute atomic E-state index is 12.6. The fraction of sp³-hybridized carbons (Fsp3) is 0.467. The standard InChI is InChI=1S/C15H19ClN2O3/c1-9(2)15(5-6-17-8-15)14(21)18-12-4-3-10(13(19)20)7-11(12)16/h3-4,7,9,17H,5-6,8H2,1-2H3,(H,18,21)(H,19,20). The van der Waals surface area contributed by atoms with Crippen molar-refractivity contribution < 1.29 is 14.7 Å². The van der Waals surface area contributed by atoms with Crippen LogP contribution in [0, 0.1) is 11.3 Å². The van der Waals surface area contributed by atoms with Crippen LogP contribution >= 0.6 is 11.6 Å². The van der Waals surface area contributed by atoms with Crippen LogP contribution in [0.25, 0.3) is 0 Å². The molecular formula is C15H19ClN2O3. The molecule has 1 aliphatic rings. The number of carbonyl (C=O) groups excluding carboxylic acids is 1. The van der Waals surface area contributed by atoms with Crippen molar-refractivity contribution in [3.8, 4) is 0 Å². The van der Waals surface area contributed by atoms with Crippen LogP contribution in [0.2, 0.25) is 5.02 Å². The van der Waals surface area contributed by atoms with E-state index in [0.29, 0.717) is 12.2 Å². The van der Waals surface area contributed by atoms with Crippen molar-refractivity contribution in [1.82, 2.24) is 5.32 Å². The first-order chi connectivity index (χ1) is 9.86. The molecular weight excluding hydrogens is 292 g/mol. The van der Waals surface area contributed by atoms with Gasteiger partial charge in [-0.2, -0.15) is 0 Å². The fourth-order valence-corrected chi connectivity index (χ4v) is 2.88.